The van der Waals surface area contributed by atoms with Crippen LogP contribution in [-0.2, 0) is 19.0 Å². The minimum atomic E-state index is -4.93. The molecule has 12 heteroatoms. The first-order valence-electron chi connectivity index (χ1n) is 9.01. The number of aromatic amines is 1. The van der Waals surface area contributed by atoms with E-state index in [1.807, 2.05) is 4.98 Å². The van der Waals surface area contributed by atoms with Gasteiger partial charge in [0, 0.05) is 19.2 Å². The monoisotopic (exact) mass is 442 g/mol. The molecule has 4 atom stereocenters. The fraction of sp³-hybridized carbons (Fsp3) is 0.368. The van der Waals surface area contributed by atoms with Gasteiger partial charge in [-0.3, -0.25) is 19.1 Å². The number of hydrogen-bond donors (Lipinski definition) is 1. The standard InChI is InChI=1S/C19H17F3N2O7/c1-10(25)30-15-14(19(20,21)22)12(9-29-17(27)11-5-3-2-4-6-11)31-16(15)24-8-7-13(26)23-18(24)28/h2-8,12,14-16H,9H2,1H3,(H,23,26,28)/t12-,14-,15-,16-/m1/s1. The highest BCUT2D eigenvalue weighted by Gasteiger charge is 2.60. The van der Waals surface area contributed by atoms with Gasteiger partial charge in [0.1, 0.15) is 18.6 Å². The highest BCUT2D eigenvalue weighted by Crippen LogP contribution is 2.45. The molecule has 1 N–H and O–H groups in total. The van der Waals surface area contributed by atoms with Gasteiger partial charge in [0.2, 0.25) is 0 Å². The van der Waals surface area contributed by atoms with E-state index in [1.54, 1.807) is 18.2 Å². The molecule has 0 bridgehead atoms. The number of carbonyl (C=O) groups is 2. The van der Waals surface area contributed by atoms with Crippen molar-refractivity contribution in [3.63, 3.8) is 0 Å². The van der Waals surface area contributed by atoms with E-state index in [9.17, 15) is 32.3 Å². The fourth-order valence-electron chi connectivity index (χ4n) is 3.26. The largest absolute Gasteiger partial charge is 0.459 e. The van der Waals surface area contributed by atoms with Gasteiger partial charge in [-0.2, -0.15) is 13.2 Å². The summed E-state index contributed by atoms with van der Waals surface area (Å²) < 4.78 is 57.4. The smallest absolute Gasteiger partial charge is 0.398 e. The van der Waals surface area contributed by atoms with E-state index >= 15 is 0 Å². The van der Waals surface area contributed by atoms with E-state index in [2.05, 4.69) is 0 Å². The summed E-state index contributed by atoms with van der Waals surface area (Å²) in [7, 11) is 0. The Balaban J connectivity index is 1.92. The minimum Gasteiger partial charge on any atom is -0.459 e. The van der Waals surface area contributed by atoms with Crippen LogP contribution >= 0.6 is 0 Å². The number of nitrogens with zero attached hydrogens (tertiary/aromatic N) is 1. The number of halogens is 3. The third kappa shape index (κ3) is 5.02. The summed E-state index contributed by atoms with van der Waals surface area (Å²) >= 11 is 0. The molecular formula is C19H17F3N2O7. The maximum Gasteiger partial charge on any atom is 0.398 e. The van der Waals surface area contributed by atoms with Gasteiger partial charge >= 0.3 is 23.8 Å². The number of benzene rings is 1. The van der Waals surface area contributed by atoms with Gasteiger partial charge in [0.25, 0.3) is 5.56 Å². The molecule has 31 heavy (non-hydrogen) atoms. The molecule has 0 saturated carbocycles. The van der Waals surface area contributed by atoms with Gasteiger partial charge in [-0.15, -0.1) is 0 Å². The van der Waals surface area contributed by atoms with E-state index in [-0.39, 0.29) is 5.56 Å². The van der Waals surface area contributed by atoms with Crippen LogP contribution < -0.4 is 11.2 Å². The number of H-pyrrole nitrogens is 1. The number of esters is 2. The Hall–Kier alpha value is -3.41. The van der Waals surface area contributed by atoms with E-state index in [4.69, 9.17) is 14.2 Å². The molecule has 2 heterocycles. The van der Waals surface area contributed by atoms with Crippen molar-refractivity contribution in [1.82, 2.24) is 9.55 Å². The number of rotatable bonds is 5. The molecule has 0 aliphatic carbocycles. The average molecular weight is 442 g/mol. The molecule has 9 nitrogen and oxygen atoms in total. The van der Waals surface area contributed by atoms with Crippen molar-refractivity contribution in [1.29, 1.82) is 0 Å². The van der Waals surface area contributed by atoms with E-state index in [0.29, 0.717) is 4.57 Å². The Kier molecular flexibility index (Phi) is 6.29. The quantitative estimate of drug-likeness (QED) is 0.696. The van der Waals surface area contributed by atoms with Crippen LogP contribution in [0.4, 0.5) is 13.2 Å². The zero-order valence-electron chi connectivity index (χ0n) is 16.0. The van der Waals surface area contributed by atoms with E-state index in [1.165, 1.54) is 12.1 Å². The zero-order valence-corrected chi connectivity index (χ0v) is 16.0. The second-order valence-corrected chi connectivity index (χ2v) is 6.69. The van der Waals surface area contributed by atoms with Crippen molar-refractivity contribution >= 4 is 11.9 Å². The van der Waals surface area contributed by atoms with E-state index < -0.39 is 60.3 Å². The predicted octanol–water partition coefficient (Wildman–Crippen LogP) is 1.40. The molecule has 1 aromatic heterocycles. The number of alkyl halides is 3. The molecule has 0 unspecified atom stereocenters. The lowest BCUT2D eigenvalue weighted by Gasteiger charge is -2.26. The first-order valence-corrected chi connectivity index (χ1v) is 9.01. The molecule has 2 aromatic rings. The van der Waals surface area contributed by atoms with Crippen LogP contribution in [0.5, 0.6) is 0 Å². The Labute approximate surface area is 172 Å². The Morgan fingerprint density at radius 3 is 2.42 bits per heavy atom. The van der Waals surface area contributed by atoms with Crippen LogP contribution in [0.25, 0.3) is 0 Å². The number of ether oxygens (including phenoxy) is 3. The van der Waals surface area contributed by atoms with Gasteiger partial charge in [0.15, 0.2) is 12.3 Å². The highest BCUT2D eigenvalue weighted by molar-refractivity contribution is 5.89. The summed E-state index contributed by atoms with van der Waals surface area (Å²) in [5.41, 5.74) is -1.71. The van der Waals surface area contributed by atoms with Gasteiger partial charge in [-0.1, -0.05) is 18.2 Å². The highest BCUT2D eigenvalue weighted by atomic mass is 19.4. The van der Waals surface area contributed by atoms with E-state index in [0.717, 1.165) is 19.2 Å². The summed E-state index contributed by atoms with van der Waals surface area (Å²) in [6.07, 6.45) is -9.44. The lowest BCUT2D eigenvalue weighted by atomic mass is 9.97. The molecule has 1 saturated heterocycles. The van der Waals surface area contributed by atoms with Crippen LogP contribution in [0.2, 0.25) is 0 Å². The molecule has 1 fully saturated rings. The molecule has 1 aliphatic rings. The summed E-state index contributed by atoms with van der Waals surface area (Å²) in [6, 6.07) is 8.49. The molecule has 0 radical (unpaired) electrons. The normalized spacial score (nSPS) is 23.4. The molecule has 1 aromatic carbocycles. The molecule has 1 aliphatic heterocycles. The van der Waals surface area contributed by atoms with Crippen LogP contribution in [-0.4, -0.2) is 46.5 Å². The molecule has 166 valence electrons. The average Bonchev–Trinajstić information content (AvgIpc) is 3.04. The first-order chi connectivity index (χ1) is 14.6. The number of aromatic nitrogens is 2. The molecular weight excluding hydrogens is 425 g/mol. The van der Waals surface area contributed by atoms with Crippen LogP contribution in [0.15, 0.2) is 52.2 Å². The maximum absolute atomic E-state index is 13.9. The number of nitrogens with one attached hydrogen (secondary N) is 1. The van der Waals surface area contributed by atoms with Crippen molar-refractivity contribution < 1.29 is 37.0 Å². The third-order valence-electron chi connectivity index (χ3n) is 4.54. The number of hydrogen-bond acceptors (Lipinski definition) is 7. The topological polar surface area (TPSA) is 117 Å². The van der Waals surface area contributed by atoms with Crippen LogP contribution in [0.1, 0.15) is 23.5 Å². The Bertz CT molecular complexity index is 1060. The Morgan fingerprint density at radius 2 is 1.84 bits per heavy atom. The fourth-order valence-corrected chi connectivity index (χ4v) is 3.26. The lowest BCUT2D eigenvalue weighted by Crippen LogP contribution is -2.43. The van der Waals surface area contributed by atoms with Gasteiger partial charge in [-0.05, 0) is 12.1 Å². The first kappa shape index (κ1) is 22.3. The van der Waals surface area contributed by atoms with Gasteiger partial charge in [-0.25, -0.2) is 9.59 Å². The summed E-state index contributed by atoms with van der Waals surface area (Å²) in [5, 5.41) is 0. The summed E-state index contributed by atoms with van der Waals surface area (Å²) in [4.78, 5) is 48.9. The second kappa shape index (κ2) is 8.76. The molecule has 0 amide bonds. The predicted molar refractivity (Wildman–Crippen MR) is 97.1 cm³/mol. The number of carbonyl (C=O) groups excluding carboxylic acids is 2. The van der Waals surface area contributed by atoms with Crippen molar-refractivity contribution in [2.24, 2.45) is 5.92 Å². The third-order valence-corrected chi connectivity index (χ3v) is 4.54. The zero-order chi connectivity index (χ0) is 22.8. The minimum absolute atomic E-state index is 0.119. The van der Waals surface area contributed by atoms with Crippen LogP contribution in [0.3, 0.4) is 0 Å². The van der Waals surface area contributed by atoms with Gasteiger partial charge < -0.3 is 14.2 Å². The van der Waals surface area contributed by atoms with Crippen molar-refractivity contribution in [2.75, 3.05) is 6.61 Å². The van der Waals surface area contributed by atoms with Crippen molar-refractivity contribution in [3.05, 3.63) is 69.0 Å². The van der Waals surface area contributed by atoms with Crippen molar-refractivity contribution in [2.45, 2.75) is 31.5 Å². The Morgan fingerprint density at radius 1 is 1.16 bits per heavy atom. The maximum atomic E-state index is 13.9. The van der Waals surface area contributed by atoms with Crippen molar-refractivity contribution in [3.8, 4) is 0 Å². The molecule has 0 spiro atoms. The summed E-state index contributed by atoms with van der Waals surface area (Å²) in [5.74, 6) is -4.31. The summed E-state index contributed by atoms with van der Waals surface area (Å²) in [6.45, 7) is 0.0904. The molecule has 3 rings (SSSR count). The SMILES string of the molecule is CC(=O)O[C@@H]1[C@H](C(F)(F)F)[C@@H](COC(=O)c2ccccc2)O[C@H]1n1ccc(=O)[nH]c1=O. The van der Waals surface area contributed by atoms with Gasteiger partial charge in [0.05, 0.1) is 5.56 Å². The van der Waals surface area contributed by atoms with Crippen LogP contribution in [0, 0.1) is 5.92 Å². The second-order valence-electron chi connectivity index (χ2n) is 6.69. The lowest BCUT2D eigenvalue weighted by molar-refractivity contribution is -0.210.